The number of aliphatic imine (C=N–C) groups is 1. The molecule has 0 saturated heterocycles. The molecule has 242 valence electrons. The maximum absolute atomic E-state index is 12.4. The summed E-state index contributed by atoms with van der Waals surface area (Å²) < 4.78 is 65.9. The molecule has 0 spiro atoms. The number of rotatable bonds is 9. The summed E-state index contributed by atoms with van der Waals surface area (Å²) in [5.74, 6) is 0.600. The number of aryl methyl sites for hydroxylation is 2. The molecule has 0 fully saturated rings. The van der Waals surface area contributed by atoms with Gasteiger partial charge < -0.3 is 4.74 Å². The highest BCUT2D eigenvalue weighted by atomic mass is 32.2. The summed E-state index contributed by atoms with van der Waals surface area (Å²) in [7, 11) is -3.78. The molecule has 4 aromatic carbocycles. The second-order valence-corrected chi connectivity index (χ2v) is 12.7. The number of amidine groups is 1. The standard InChI is InChI=1S/C32H28F3N7O3S2/c1-21-4-3-5-22(2)29(21)39-31(46-19-24-8-16-28(17-9-24)47(36,43)44)40-38-18-23-6-10-25(11-7-23)30-37-20-42(41-30)26-12-14-27(15-13-26)45-32(33,34)35/h3-18,20H,19H2,1-2H3,(H,39,40)(H2,36,43,44)/b38-18+. The number of ether oxygens (including phenoxy) is 1. The monoisotopic (exact) mass is 679 g/mol. The molecule has 0 bridgehead atoms. The molecule has 47 heavy (non-hydrogen) atoms. The zero-order valence-corrected chi connectivity index (χ0v) is 26.6. The van der Waals surface area contributed by atoms with Gasteiger partial charge in [-0.25, -0.2) is 28.2 Å². The Hall–Kier alpha value is -4.99. The number of primary sulfonamides is 1. The SMILES string of the molecule is Cc1cccc(C)c1/N=C(/N/N=C/c1ccc(-c2ncn(-c3ccc(OC(F)(F)F)cc3)n2)cc1)SCc1ccc(S(N)(=O)=O)cc1. The van der Waals surface area contributed by atoms with E-state index in [1.165, 1.54) is 59.2 Å². The van der Waals surface area contributed by atoms with Crippen molar-refractivity contribution in [2.75, 3.05) is 0 Å². The molecule has 3 N–H and O–H groups in total. The number of nitrogens with zero attached hydrogens (tertiary/aromatic N) is 5. The van der Waals surface area contributed by atoms with Crippen LogP contribution in [0.4, 0.5) is 18.9 Å². The van der Waals surface area contributed by atoms with Crippen molar-refractivity contribution >= 4 is 38.9 Å². The van der Waals surface area contributed by atoms with Gasteiger partial charge in [-0.1, -0.05) is 66.4 Å². The molecule has 0 radical (unpaired) electrons. The Morgan fingerprint density at radius 1 is 0.979 bits per heavy atom. The van der Waals surface area contributed by atoms with Crippen molar-refractivity contribution in [2.45, 2.75) is 30.9 Å². The van der Waals surface area contributed by atoms with Gasteiger partial charge in [0.05, 0.1) is 22.5 Å². The van der Waals surface area contributed by atoms with E-state index >= 15 is 0 Å². The number of halogens is 3. The highest BCUT2D eigenvalue weighted by Crippen LogP contribution is 2.26. The Balaban J connectivity index is 1.26. The molecular weight excluding hydrogens is 652 g/mol. The Morgan fingerprint density at radius 3 is 2.26 bits per heavy atom. The number of hydrogen-bond acceptors (Lipinski definition) is 8. The number of alkyl halides is 3. The average Bonchev–Trinajstić information content (AvgIpc) is 3.51. The topological polar surface area (TPSA) is 137 Å². The number of aromatic nitrogens is 3. The highest BCUT2D eigenvalue weighted by Gasteiger charge is 2.31. The Labute approximate surface area is 273 Å². The van der Waals surface area contributed by atoms with Crippen molar-refractivity contribution in [1.82, 2.24) is 20.2 Å². The number of benzene rings is 4. The van der Waals surface area contributed by atoms with E-state index in [0.29, 0.717) is 22.4 Å². The Kier molecular flexibility index (Phi) is 10.1. The van der Waals surface area contributed by atoms with E-state index < -0.39 is 16.4 Å². The minimum atomic E-state index is -4.77. The van der Waals surface area contributed by atoms with Crippen molar-refractivity contribution in [3.8, 4) is 22.8 Å². The van der Waals surface area contributed by atoms with Crippen molar-refractivity contribution < 1.29 is 26.3 Å². The van der Waals surface area contributed by atoms with E-state index in [0.717, 1.165) is 33.5 Å². The number of hydrogen-bond donors (Lipinski definition) is 2. The van der Waals surface area contributed by atoms with Crippen molar-refractivity contribution in [1.29, 1.82) is 0 Å². The van der Waals surface area contributed by atoms with E-state index in [1.807, 2.05) is 56.3 Å². The summed E-state index contributed by atoms with van der Waals surface area (Å²) in [6.07, 6.45) is -1.65. The molecular formula is C32H28F3N7O3S2. The predicted molar refractivity (Wildman–Crippen MR) is 176 cm³/mol. The highest BCUT2D eigenvalue weighted by molar-refractivity contribution is 8.13. The van der Waals surface area contributed by atoms with Gasteiger partial charge in [-0.05, 0) is 72.5 Å². The minimum Gasteiger partial charge on any atom is -0.406 e. The molecule has 0 atom stereocenters. The van der Waals surface area contributed by atoms with E-state index in [1.54, 1.807) is 18.3 Å². The molecule has 0 amide bonds. The molecule has 5 aromatic rings. The molecule has 1 aromatic heterocycles. The molecule has 0 saturated carbocycles. The average molecular weight is 680 g/mol. The van der Waals surface area contributed by atoms with Crippen LogP contribution in [0, 0.1) is 13.8 Å². The van der Waals surface area contributed by atoms with Crippen molar-refractivity contribution in [3.63, 3.8) is 0 Å². The lowest BCUT2D eigenvalue weighted by Crippen LogP contribution is -2.17. The summed E-state index contributed by atoms with van der Waals surface area (Å²) in [5.41, 5.74) is 8.77. The van der Waals surface area contributed by atoms with Crippen molar-refractivity contribution in [2.24, 2.45) is 15.2 Å². The fraction of sp³-hybridized carbons (Fsp3) is 0.125. The van der Waals surface area contributed by atoms with Gasteiger partial charge in [0, 0.05) is 11.3 Å². The van der Waals surface area contributed by atoms with Crippen LogP contribution in [-0.2, 0) is 15.8 Å². The largest absolute Gasteiger partial charge is 0.573 e. The first kappa shape index (κ1) is 33.4. The van der Waals surface area contributed by atoms with Crippen LogP contribution in [0.1, 0.15) is 22.3 Å². The first-order valence-electron chi connectivity index (χ1n) is 13.9. The number of thioether (sulfide) groups is 1. The van der Waals surface area contributed by atoms with Crippen LogP contribution < -0.4 is 15.3 Å². The van der Waals surface area contributed by atoms with Crippen LogP contribution >= 0.6 is 11.8 Å². The normalized spacial score (nSPS) is 12.4. The van der Waals surface area contributed by atoms with Gasteiger partial charge in [-0.3, -0.25) is 5.43 Å². The Bertz CT molecular complexity index is 1990. The Morgan fingerprint density at radius 2 is 1.64 bits per heavy atom. The number of nitrogens with two attached hydrogens (primary N) is 1. The van der Waals surface area contributed by atoms with Crippen LogP contribution in [0.2, 0.25) is 0 Å². The van der Waals surface area contributed by atoms with Gasteiger partial charge in [0.1, 0.15) is 12.1 Å². The fourth-order valence-corrected chi connectivity index (χ4v) is 5.59. The number of hydrazone groups is 1. The molecule has 15 heteroatoms. The number of nitrogens with one attached hydrogen (secondary N) is 1. The molecule has 0 aliphatic rings. The second-order valence-electron chi connectivity index (χ2n) is 10.2. The fourth-order valence-electron chi connectivity index (χ4n) is 4.30. The number of sulfonamides is 1. The molecule has 0 unspecified atom stereocenters. The third-order valence-corrected chi connectivity index (χ3v) is 8.51. The van der Waals surface area contributed by atoms with E-state index in [9.17, 15) is 21.6 Å². The lowest BCUT2D eigenvalue weighted by Gasteiger charge is -2.09. The second kappa shape index (κ2) is 14.2. The number of para-hydroxylation sites is 1. The van der Waals surface area contributed by atoms with Gasteiger partial charge in [0.2, 0.25) is 10.0 Å². The van der Waals surface area contributed by atoms with Crippen LogP contribution in [0.15, 0.2) is 112 Å². The molecule has 0 aliphatic heterocycles. The van der Waals surface area contributed by atoms with Crippen molar-refractivity contribution in [3.05, 3.63) is 120 Å². The van der Waals surface area contributed by atoms with Gasteiger partial charge in [-0.2, -0.15) is 5.10 Å². The van der Waals surface area contributed by atoms with E-state index in [4.69, 9.17) is 10.1 Å². The molecule has 0 aliphatic carbocycles. The predicted octanol–water partition coefficient (Wildman–Crippen LogP) is 6.64. The lowest BCUT2D eigenvalue weighted by atomic mass is 10.1. The van der Waals surface area contributed by atoms with Gasteiger partial charge in [-0.15, -0.1) is 18.3 Å². The zero-order chi connectivity index (χ0) is 33.6. The maximum atomic E-state index is 12.4. The third kappa shape index (κ3) is 9.28. The van der Waals surface area contributed by atoms with Crippen LogP contribution in [0.25, 0.3) is 17.1 Å². The summed E-state index contributed by atoms with van der Waals surface area (Å²) in [5, 5.41) is 14.6. The molecule has 10 nitrogen and oxygen atoms in total. The minimum absolute atomic E-state index is 0.0432. The lowest BCUT2D eigenvalue weighted by molar-refractivity contribution is -0.274. The molecule has 5 rings (SSSR count). The zero-order valence-electron chi connectivity index (χ0n) is 25.0. The van der Waals surface area contributed by atoms with Gasteiger partial charge in [0.25, 0.3) is 0 Å². The van der Waals surface area contributed by atoms with Gasteiger partial charge >= 0.3 is 6.36 Å². The maximum Gasteiger partial charge on any atom is 0.573 e. The third-order valence-electron chi connectivity index (χ3n) is 6.65. The summed E-state index contributed by atoms with van der Waals surface area (Å²) in [6.45, 7) is 3.96. The summed E-state index contributed by atoms with van der Waals surface area (Å²) in [6, 6.07) is 24.9. The van der Waals surface area contributed by atoms with E-state index in [2.05, 4.69) is 25.3 Å². The summed E-state index contributed by atoms with van der Waals surface area (Å²) in [4.78, 5) is 9.18. The quantitative estimate of drug-likeness (QED) is 0.101. The van der Waals surface area contributed by atoms with Gasteiger partial charge in [0.15, 0.2) is 11.0 Å². The summed E-state index contributed by atoms with van der Waals surface area (Å²) >= 11 is 1.41. The first-order chi connectivity index (χ1) is 22.3. The first-order valence-corrected chi connectivity index (χ1v) is 16.4. The molecule has 1 heterocycles. The smallest absolute Gasteiger partial charge is 0.406 e. The van der Waals surface area contributed by atoms with Crippen LogP contribution in [-0.4, -0.2) is 40.9 Å². The van der Waals surface area contributed by atoms with Crippen LogP contribution in [0.5, 0.6) is 5.75 Å². The van der Waals surface area contributed by atoms with E-state index in [-0.39, 0.29) is 10.6 Å². The van der Waals surface area contributed by atoms with Crippen LogP contribution in [0.3, 0.4) is 0 Å².